The summed E-state index contributed by atoms with van der Waals surface area (Å²) in [5.74, 6) is 0. The molecule has 0 radical (unpaired) electrons. The molecule has 3 rings (SSSR count). The van der Waals surface area contributed by atoms with Crippen molar-refractivity contribution < 1.29 is 0 Å². The first-order valence-corrected chi connectivity index (χ1v) is 6.44. The average Bonchev–Trinajstić information content (AvgIpc) is 2.28. The predicted molar refractivity (Wildman–Crippen MR) is 73.3 cm³/mol. The minimum Gasteiger partial charge on any atom is -0.330 e. The smallest absolute Gasteiger partial charge is 0.00758 e. The fraction of sp³-hybridized carbons (Fsp3) is 0.375. The van der Waals surface area contributed by atoms with Crippen molar-refractivity contribution in [1.29, 1.82) is 0 Å². The van der Waals surface area contributed by atoms with Gasteiger partial charge in [-0.3, -0.25) is 0 Å². The SMILES string of the molecule is Cc1ccc2cc(C3(CN)CCC3)ccc2c1. The quantitative estimate of drug-likeness (QED) is 0.831. The Hall–Kier alpha value is -1.34. The van der Waals surface area contributed by atoms with Gasteiger partial charge in [0.05, 0.1) is 0 Å². The summed E-state index contributed by atoms with van der Waals surface area (Å²) in [5, 5.41) is 2.67. The average molecular weight is 225 g/mol. The molecule has 1 aliphatic rings. The van der Waals surface area contributed by atoms with E-state index in [1.54, 1.807) is 0 Å². The first-order valence-electron chi connectivity index (χ1n) is 6.44. The highest BCUT2D eigenvalue weighted by Gasteiger charge is 2.37. The molecule has 0 aliphatic heterocycles. The van der Waals surface area contributed by atoms with Gasteiger partial charge in [-0.25, -0.2) is 0 Å². The molecule has 2 aromatic rings. The van der Waals surface area contributed by atoms with Crippen LogP contribution in [0.3, 0.4) is 0 Å². The summed E-state index contributed by atoms with van der Waals surface area (Å²) in [6.07, 6.45) is 3.82. The van der Waals surface area contributed by atoms with E-state index in [-0.39, 0.29) is 5.41 Å². The van der Waals surface area contributed by atoms with E-state index in [9.17, 15) is 0 Å². The van der Waals surface area contributed by atoms with Gasteiger partial charge in [0.15, 0.2) is 0 Å². The van der Waals surface area contributed by atoms with Crippen LogP contribution in [-0.2, 0) is 5.41 Å². The van der Waals surface area contributed by atoms with Gasteiger partial charge < -0.3 is 5.73 Å². The van der Waals surface area contributed by atoms with Crippen LogP contribution in [0.4, 0.5) is 0 Å². The van der Waals surface area contributed by atoms with Gasteiger partial charge in [0.25, 0.3) is 0 Å². The lowest BCUT2D eigenvalue weighted by Gasteiger charge is -2.41. The second-order valence-electron chi connectivity index (χ2n) is 5.40. The second kappa shape index (κ2) is 3.85. The Kier molecular flexibility index (Phi) is 2.44. The molecule has 2 aromatic carbocycles. The molecule has 1 nitrogen and oxygen atoms in total. The van der Waals surface area contributed by atoms with Gasteiger partial charge in [-0.2, -0.15) is 0 Å². The van der Waals surface area contributed by atoms with Crippen LogP contribution in [0.2, 0.25) is 0 Å². The Labute approximate surface area is 103 Å². The Morgan fingerprint density at radius 1 is 1.06 bits per heavy atom. The highest BCUT2D eigenvalue weighted by molar-refractivity contribution is 5.84. The molecule has 1 saturated carbocycles. The number of nitrogens with two attached hydrogens (primary N) is 1. The van der Waals surface area contributed by atoms with Crippen molar-refractivity contribution in [2.45, 2.75) is 31.6 Å². The molecule has 2 N–H and O–H groups in total. The van der Waals surface area contributed by atoms with Gasteiger partial charge >= 0.3 is 0 Å². The molecule has 0 spiro atoms. The zero-order valence-electron chi connectivity index (χ0n) is 10.4. The van der Waals surface area contributed by atoms with Gasteiger partial charge in [0.1, 0.15) is 0 Å². The van der Waals surface area contributed by atoms with Gasteiger partial charge in [0, 0.05) is 12.0 Å². The molecule has 0 amide bonds. The Balaban J connectivity index is 2.10. The van der Waals surface area contributed by atoms with E-state index in [1.165, 1.54) is 41.2 Å². The molecule has 0 heterocycles. The molecular formula is C16H19N. The van der Waals surface area contributed by atoms with Crippen molar-refractivity contribution >= 4 is 10.8 Å². The summed E-state index contributed by atoms with van der Waals surface area (Å²) < 4.78 is 0. The lowest BCUT2D eigenvalue weighted by atomic mass is 9.64. The van der Waals surface area contributed by atoms with Crippen molar-refractivity contribution in [2.24, 2.45) is 5.73 Å². The van der Waals surface area contributed by atoms with Crippen LogP contribution in [0.25, 0.3) is 10.8 Å². The molecule has 0 bridgehead atoms. The van der Waals surface area contributed by atoms with Gasteiger partial charge in [-0.05, 0) is 36.1 Å². The number of fused-ring (bicyclic) bond motifs is 1. The zero-order chi connectivity index (χ0) is 11.9. The maximum absolute atomic E-state index is 5.97. The molecule has 0 atom stereocenters. The number of benzene rings is 2. The van der Waals surface area contributed by atoms with Crippen molar-refractivity contribution in [2.75, 3.05) is 6.54 Å². The summed E-state index contributed by atoms with van der Waals surface area (Å²) in [7, 11) is 0. The number of rotatable bonds is 2. The van der Waals surface area contributed by atoms with Gasteiger partial charge in [0.2, 0.25) is 0 Å². The standard InChI is InChI=1S/C16H19N/c1-12-3-4-14-10-15(6-5-13(14)9-12)16(11-17)7-2-8-16/h3-6,9-10H,2,7-8,11,17H2,1H3. The first-order chi connectivity index (χ1) is 8.23. The fourth-order valence-electron chi connectivity index (χ4n) is 2.91. The third-order valence-electron chi connectivity index (χ3n) is 4.31. The molecule has 17 heavy (non-hydrogen) atoms. The predicted octanol–water partition coefficient (Wildman–Crippen LogP) is 3.53. The van der Waals surface area contributed by atoms with Crippen LogP contribution in [0.15, 0.2) is 36.4 Å². The lowest BCUT2D eigenvalue weighted by Crippen LogP contribution is -2.41. The summed E-state index contributed by atoms with van der Waals surface area (Å²) in [6.45, 7) is 2.92. The van der Waals surface area contributed by atoms with E-state index in [2.05, 4.69) is 43.3 Å². The lowest BCUT2D eigenvalue weighted by molar-refractivity contribution is 0.253. The summed E-state index contributed by atoms with van der Waals surface area (Å²) >= 11 is 0. The Bertz CT molecular complexity index is 547. The van der Waals surface area contributed by atoms with Crippen LogP contribution < -0.4 is 5.73 Å². The molecule has 0 unspecified atom stereocenters. The fourth-order valence-corrected chi connectivity index (χ4v) is 2.91. The maximum Gasteiger partial charge on any atom is 0.00758 e. The summed E-state index contributed by atoms with van der Waals surface area (Å²) in [5.41, 5.74) is 9.00. The van der Waals surface area contributed by atoms with Gasteiger partial charge in [-0.1, -0.05) is 48.4 Å². The van der Waals surface area contributed by atoms with Crippen LogP contribution in [0.5, 0.6) is 0 Å². The third kappa shape index (κ3) is 1.66. The molecular weight excluding hydrogens is 206 g/mol. The zero-order valence-corrected chi connectivity index (χ0v) is 10.4. The van der Waals surface area contributed by atoms with Crippen molar-refractivity contribution in [3.05, 3.63) is 47.5 Å². The first kappa shape index (κ1) is 10.8. The summed E-state index contributed by atoms with van der Waals surface area (Å²) in [6, 6.07) is 13.5. The third-order valence-corrected chi connectivity index (χ3v) is 4.31. The van der Waals surface area contributed by atoms with Crippen LogP contribution in [-0.4, -0.2) is 6.54 Å². The largest absolute Gasteiger partial charge is 0.330 e. The minimum absolute atomic E-state index is 0.277. The van der Waals surface area contributed by atoms with Crippen LogP contribution in [0, 0.1) is 6.92 Å². The van der Waals surface area contributed by atoms with Gasteiger partial charge in [-0.15, -0.1) is 0 Å². The molecule has 1 heteroatoms. The molecule has 1 aliphatic carbocycles. The van der Waals surface area contributed by atoms with Crippen molar-refractivity contribution in [3.63, 3.8) is 0 Å². The molecule has 1 fully saturated rings. The number of hydrogen-bond donors (Lipinski definition) is 1. The molecule has 0 saturated heterocycles. The normalized spacial score (nSPS) is 18.0. The van der Waals surface area contributed by atoms with E-state index in [0.29, 0.717) is 0 Å². The minimum atomic E-state index is 0.277. The Morgan fingerprint density at radius 2 is 1.76 bits per heavy atom. The van der Waals surface area contributed by atoms with Crippen molar-refractivity contribution in [3.8, 4) is 0 Å². The Morgan fingerprint density at radius 3 is 2.41 bits per heavy atom. The summed E-state index contributed by atoms with van der Waals surface area (Å²) in [4.78, 5) is 0. The van der Waals surface area contributed by atoms with Crippen LogP contribution in [0.1, 0.15) is 30.4 Å². The van der Waals surface area contributed by atoms with Crippen LogP contribution >= 0.6 is 0 Å². The topological polar surface area (TPSA) is 26.0 Å². The molecule has 0 aromatic heterocycles. The highest BCUT2D eigenvalue weighted by Crippen LogP contribution is 2.43. The monoisotopic (exact) mass is 225 g/mol. The second-order valence-corrected chi connectivity index (χ2v) is 5.40. The molecule has 88 valence electrons. The highest BCUT2D eigenvalue weighted by atomic mass is 14.6. The van der Waals surface area contributed by atoms with E-state index in [4.69, 9.17) is 5.73 Å². The van der Waals surface area contributed by atoms with E-state index >= 15 is 0 Å². The van der Waals surface area contributed by atoms with Crippen molar-refractivity contribution in [1.82, 2.24) is 0 Å². The maximum atomic E-state index is 5.97. The number of aryl methyl sites for hydroxylation is 1. The van der Waals surface area contributed by atoms with E-state index in [0.717, 1.165) is 6.54 Å². The van der Waals surface area contributed by atoms with E-state index < -0.39 is 0 Å². The van der Waals surface area contributed by atoms with E-state index in [1.807, 2.05) is 0 Å². The number of hydrogen-bond acceptors (Lipinski definition) is 1.